The number of nitrogens with one attached hydrogen (secondary N) is 3. The minimum Gasteiger partial charge on any atom is -0.482 e. The lowest BCUT2D eigenvalue weighted by atomic mass is 10.1. The first-order valence-electron chi connectivity index (χ1n) is 12.5. The summed E-state index contributed by atoms with van der Waals surface area (Å²) in [6.07, 6.45) is 1.78. The van der Waals surface area contributed by atoms with Gasteiger partial charge >= 0.3 is 5.97 Å². The largest absolute Gasteiger partial charge is 0.482 e. The molecule has 10 nitrogen and oxygen atoms in total. The van der Waals surface area contributed by atoms with Crippen LogP contribution in [0.3, 0.4) is 0 Å². The number of para-hydroxylation sites is 2. The lowest BCUT2D eigenvalue weighted by molar-refractivity contribution is -0.139. The van der Waals surface area contributed by atoms with Crippen LogP contribution < -0.4 is 14.8 Å². The monoisotopic (exact) mass is 557 g/mol. The fourth-order valence-electron chi connectivity index (χ4n) is 4.22. The molecule has 0 saturated heterocycles. The van der Waals surface area contributed by atoms with E-state index in [2.05, 4.69) is 20.0 Å². The number of aryl methyl sites for hydroxylation is 1. The SMILES string of the molecule is Cc1cccnc1CNCc1cccc2[nH]c(-c3ccccc3NS(=O)(=O)c3ccc(OCC(=O)O)cc3)nc12. The van der Waals surface area contributed by atoms with Gasteiger partial charge in [-0.3, -0.25) is 9.71 Å². The van der Waals surface area contributed by atoms with Gasteiger partial charge in [0.2, 0.25) is 0 Å². The molecule has 5 aromatic rings. The van der Waals surface area contributed by atoms with Gasteiger partial charge in [-0.05, 0) is 66.6 Å². The van der Waals surface area contributed by atoms with E-state index in [0.717, 1.165) is 27.9 Å². The Morgan fingerprint density at radius 1 is 0.975 bits per heavy atom. The van der Waals surface area contributed by atoms with Crippen molar-refractivity contribution in [3.05, 3.63) is 102 Å². The third-order valence-electron chi connectivity index (χ3n) is 6.24. The molecule has 11 heteroatoms. The predicted octanol–water partition coefficient (Wildman–Crippen LogP) is 4.49. The standard InChI is InChI=1S/C29H27N5O5S/c1-19-6-5-15-31-26(19)17-30-16-20-7-4-10-25-28(20)33-29(32-25)23-8-2-3-9-24(23)34-40(37,38)22-13-11-21(12-14-22)39-18-27(35)36/h2-15,30,34H,16-18H2,1H3,(H,32,33)(H,35,36). The number of aromatic amines is 1. The van der Waals surface area contributed by atoms with Crippen molar-refractivity contribution in [1.29, 1.82) is 0 Å². The third kappa shape index (κ3) is 6.11. The molecule has 0 aliphatic rings. The highest BCUT2D eigenvalue weighted by Crippen LogP contribution is 2.30. The molecule has 204 valence electrons. The van der Waals surface area contributed by atoms with Crippen molar-refractivity contribution < 1.29 is 23.1 Å². The summed E-state index contributed by atoms with van der Waals surface area (Å²) in [6.45, 7) is 2.72. The van der Waals surface area contributed by atoms with Gasteiger partial charge in [-0.2, -0.15) is 0 Å². The van der Waals surface area contributed by atoms with Crippen molar-refractivity contribution in [1.82, 2.24) is 20.3 Å². The fraction of sp³-hybridized carbons (Fsp3) is 0.138. The predicted molar refractivity (Wildman–Crippen MR) is 151 cm³/mol. The molecular weight excluding hydrogens is 530 g/mol. The van der Waals surface area contributed by atoms with E-state index in [9.17, 15) is 13.2 Å². The number of benzene rings is 3. The molecule has 2 heterocycles. The smallest absolute Gasteiger partial charge is 0.341 e. The lowest BCUT2D eigenvalue weighted by Gasteiger charge is -2.12. The van der Waals surface area contributed by atoms with Crippen molar-refractivity contribution in [3.8, 4) is 17.1 Å². The summed E-state index contributed by atoms with van der Waals surface area (Å²) in [5, 5.41) is 12.2. The molecule has 3 aromatic carbocycles. The fourth-order valence-corrected chi connectivity index (χ4v) is 5.30. The van der Waals surface area contributed by atoms with Crippen LogP contribution in [0.5, 0.6) is 5.75 Å². The number of H-pyrrole nitrogens is 1. The maximum Gasteiger partial charge on any atom is 0.341 e. The molecule has 40 heavy (non-hydrogen) atoms. The Labute approximate surface area is 231 Å². The van der Waals surface area contributed by atoms with Crippen LogP contribution in [0.4, 0.5) is 5.69 Å². The average Bonchev–Trinajstić information content (AvgIpc) is 3.38. The molecule has 0 fully saturated rings. The van der Waals surface area contributed by atoms with Crippen molar-refractivity contribution in [2.45, 2.75) is 24.9 Å². The highest BCUT2D eigenvalue weighted by molar-refractivity contribution is 7.92. The Morgan fingerprint density at radius 2 is 1.77 bits per heavy atom. The van der Waals surface area contributed by atoms with E-state index in [0.29, 0.717) is 30.2 Å². The van der Waals surface area contributed by atoms with Gasteiger partial charge in [0.05, 0.1) is 27.3 Å². The summed E-state index contributed by atoms with van der Waals surface area (Å²) in [5.74, 6) is -0.341. The number of imidazole rings is 1. The summed E-state index contributed by atoms with van der Waals surface area (Å²) >= 11 is 0. The van der Waals surface area contributed by atoms with Crippen LogP contribution >= 0.6 is 0 Å². The van der Waals surface area contributed by atoms with Crippen LogP contribution in [0.15, 0.2) is 90.0 Å². The molecular formula is C29H27N5O5S. The maximum absolute atomic E-state index is 13.2. The summed E-state index contributed by atoms with van der Waals surface area (Å²) in [7, 11) is -3.95. The molecule has 5 rings (SSSR count). The van der Waals surface area contributed by atoms with Crippen molar-refractivity contribution in [2.24, 2.45) is 0 Å². The second-order valence-electron chi connectivity index (χ2n) is 9.07. The zero-order valence-electron chi connectivity index (χ0n) is 21.6. The van der Waals surface area contributed by atoms with Gasteiger partial charge in [-0.1, -0.05) is 30.3 Å². The van der Waals surface area contributed by atoms with Crippen LogP contribution in [-0.4, -0.2) is 41.1 Å². The molecule has 2 aromatic heterocycles. The zero-order valence-corrected chi connectivity index (χ0v) is 22.4. The van der Waals surface area contributed by atoms with E-state index in [1.54, 1.807) is 24.4 Å². The van der Waals surface area contributed by atoms with E-state index in [4.69, 9.17) is 14.8 Å². The molecule has 0 saturated carbocycles. The van der Waals surface area contributed by atoms with E-state index >= 15 is 0 Å². The number of pyridine rings is 1. The number of nitrogens with zero attached hydrogens (tertiary/aromatic N) is 2. The van der Waals surface area contributed by atoms with E-state index in [1.807, 2.05) is 43.3 Å². The minimum absolute atomic E-state index is 0.00564. The Hall–Kier alpha value is -4.74. The quantitative estimate of drug-likeness (QED) is 0.186. The van der Waals surface area contributed by atoms with E-state index in [-0.39, 0.29) is 10.6 Å². The van der Waals surface area contributed by atoms with E-state index in [1.165, 1.54) is 24.3 Å². The lowest BCUT2D eigenvalue weighted by Crippen LogP contribution is -2.14. The molecule has 0 aliphatic carbocycles. The molecule has 0 radical (unpaired) electrons. The third-order valence-corrected chi connectivity index (χ3v) is 7.63. The van der Waals surface area contributed by atoms with Crippen molar-refractivity contribution in [2.75, 3.05) is 11.3 Å². The zero-order chi connectivity index (χ0) is 28.1. The number of hydrogen-bond acceptors (Lipinski definition) is 7. The van der Waals surface area contributed by atoms with Gasteiger partial charge in [0.1, 0.15) is 11.6 Å². The van der Waals surface area contributed by atoms with E-state index < -0.39 is 22.6 Å². The second-order valence-corrected chi connectivity index (χ2v) is 10.8. The van der Waals surface area contributed by atoms with Gasteiger partial charge in [-0.25, -0.2) is 18.2 Å². The number of carbonyl (C=O) groups is 1. The number of rotatable bonds is 11. The van der Waals surface area contributed by atoms with Gasteiger partial charge in [0.15, 0.2) is 6.61 Å². The molecule has 0 aliphatic heterocycles. The van der Waals surface area contributed by atoms with Gasteiger partial charge in [0, 0.05) is 24.8 Å². The normalized spacial score (nSPS) is 11.4. The Bertz CT molecular complexity index is 1770. The van der Waals surface area contributed by atoms with Crippen LogP contribution in [0.1, 0.15) is 16.8 Å². The number of fused-ring (bicyclic) bond motifs is 1. The topological polar surface area (TPSA) is 146 Å². The van der Waals surface area contributed by atoms with Gasteiger partial charge < -0.3 is 20.1 Å². The highest BCUT2D eigenvalue weighted by atomic mass is 32.2. The summed E-state index contributed by atoms with van der Waals surface area (Å²) in [5.41, 5.74) is 5.68. The van der Waals surface area contributed by atoms with Crippen LogP contribution in [-0.2, 0) is 27.9 Å². The second kappa shape index (κ2) is 11.6. The Kier molecular flexibility index (Phi) is 7.76. The molecule has 0 spiro atoms. The molecule has 0 bridgehead atoms. The number of aliphatic carboxylic acids is 1. The highest BCUT2D eigenvalue weighted by Gasteiger charge is 2.19. The molecule has 4 N–H and O–H groups in total. The minimum atomic E-state index is -3.95. The molecule has 0 unspecified atom stereocenters. The number of carboxylic acid groups (broad SMARTS) is 1. The Balaban J connectivity index is 1.36. The number of hydrogen-bond donors (Lipinski definition) is 4. The number of carboxylic acids is 1. The summed E-state index contributed by atoms with van der Waals surface area (Å²) in [4.78, 5) is 23.3. The van der Waals surface area contributed by atoms with Gasteiger partial charge in [0.25, 0.3) is 10.0 Å². The van der Waals surface area contributed by atoms with Crippen molar-refractivity contribution in [3.63, 3.8) is 0 Å². The van der Waals surface area contributed by atoms with Crippen LogP contribution in [0.2, 0.25) is 0 Å². The van der Waals surface area contributed by atoms with Gasteiger partial charge in [-0.15, -0.1) is 0 Å². The number of anilines is 1. The molecule has 0 atom stereocenters. The summed E-state index contributed by atoms with van der Waals surface area (Å²) in [6, 6.07) is 22.4. The van der Waals surface area contributed by atoms with Crippen molar-refractivity contribution >= 4 is 32.7 Å². The molecule has 0 amide bonds. The number of aromatic nitrogens is 3. The Morgan fingerprint density at radius 3 is 2.55 bits per heavy atom. The first-order chi connectivity index (χ1) is 19.3. The maximum atomic E-state index is 13.2. The van der Waals surface area contributed by atoms with Crippen LogP contribution in [0, 0.1) is 6.92 Å². The number of ether oxygens (including phenoxy) is 1. The first kappa shape index (κ1) is 26.9. The first-order valence-corrected chi connectivity index (χ1v) is 13.9. The number of sulfonamides is 1. The van der Waals surface area contributed by atoms with Crippen LogP contribution in [0.25, 0.3) is 22.4 Å². The summed E-state index contributed by atoms with van der Waals surface area (Å²) < 4.78 is 34.0. The average molecular weight is 558 g/mol.